The summed E-state index contributed by atoms with van der Waals surface area (Å²) in [5.41, 5.74) is 0.949. The van der Waals surface area contributed by atoms with Gasteiger partial charge >= 0.3 is 0 Å². The lowest BCUT2D eigenvalue weighted by Gasteiger charge is -2.20. The third-order valence-electron chi connectivity index (χ3n) is 4.18. The van der Waals surface area contributed by atoms with E-state index in [0.717, 1.165) is 5.69 Å². The van der Waals surface area contributed by atoms with Crippen molar-refractivity contribution in [1.29, 1.82) is 0 Å². The number of pyridine rings is 1. The van der Waals surface area contributed by atoms with Crippen LogP contribution in [0.2, 0.25) is 0 Å². The van der Waals surface area contributed by atoms with E-state index in [0.29, 0.717) is 31.2 Å². The van der Waals surface area contributed by atoms with Crippen LogP contribution < -0.4 is 15.4 Å². The van der Waals surface area contributed by atoms with E-state index in [-0.39, 0.29) is 48.3 Å². The van der Waals surface area contributed by atoms with Gasteiger partial charge in [-0.25, -0.2) is 4.39 Å². The number of rotatable bonds is 9. The minimum absolute atomic E-state index is 0. The highest BCUT2D eigenvalue weighted by Gasteiger charge is 2.11. The summed E-state index contributed by atoms with van der Waals surface area (Å²) in [6.07, 6.45) is 2.23. The molecule has 7 nitrogen and oxygen atoms in total. The molecule has 1 heterocycles. The quantitative estimate of drug-likeness (QED) is 0.297. The Bertz CT molecular complexity index is 807. The summed E-state index contributed by atoms with van der Waals surface area (Å²) >= 11 is 0. The van der Waals surface area contributed by atoms with Gasteiger partial charge in [-0.2, -0.15) is 0 Å². The second kappa shape index (κ2) is 13.7. The Balaban J connectivity index is 0.00000450. The Hall–Kier alpha value is -2.43. The second-order valence-electron chi connectivity index (χ2n) is 6.58. The van der Waals surface area contributed by atoms with Gasteiger partial charge < -0.3 is 20.3 Å². The molecule has 0 spiro atoms. The van der Waals surface area contributed by atoms with Gasteiger partial charge in [0, 0.05) is 45.0 Å². The number of guanidine groups is 1. The van der Waals surface area contributed by atoms with Crippen LogP contribution in [0.25, 0.3) is 0 Å². The molecular formula is C21H29FIN5O2. The molecule has 1 unspecified atom stereocenters. The average Bonchev–Trinajstić information content (AvgIpc) is 2.72. The minimum Gasteiger partial charge on any atom is -0.489 e. The predicted octanol–water partition coefficient (Wildman–Crippen LogP) is 2.47. The largest absolute Gasteiger partial charge is 0.489 e. The maximum absolute atomic E-state index is 13.2. The number of amides is 1. The number of hydrogen-bond donors (Lipinski definition) is 2. The number of hydrogen-bond acceptors (Lipinski definition) is 4. The highest BCUT2D eigenvalue weighted by atomic mass is 127. The maximum Gasteiger partial charge on any atom is 0.241 e. The predicted molar refractivity (Wildman–Crippen MR) is 127 cm³/mol. The molecule has 2 aromatic rings. The van der Waals surface area contributed by atoms with Crippen molar-refractivity contribution in [3.05, 3.63) is 60.2 Å². The fourth-order valence-electron chi connectivity index (χ4n) is 2.52. The Morgan fingerprint density at radius 2 is 2.07 bits per heavy atom. The summed E-state index contributed by atoms with van der Waals surface area (Å²) in [6.45, 7) is 3.02. The summed E-state index contributed by atoms with van der Waals surface area (Å²) < 4.78 is 18.9. The molecule has 30 heavy (non-hydrogen) atoms. The van der Waals surface area contributed by atoms with Gasteiger partial charge in [0.15, 0.2) is 5.96 Å². The molecule has 2 N–H and O–H groups in total. The van der Waals surface area contributed by atoms with Crippen molar-refractivity contribution in [2.45, 2.75) is 19.4 Å². The molecule has 0 aliphatic heterocycles. The normalized spacial score (nSPS) is 11.8. The molecule has 1 aromatic carbocycles. The highest BCUT2D eigenvalue weighted by Crippen LogP contribution is 2.13. The van der Waals surface area contributed by atoms with Gasteiger partial charge in [-0.15, -0.1) is 24.0 Å². The van der Waals surface area contributed by atoms with E-state index in [1.807, 2.05) is 25.1 Å². The maximum atomic E-state index is 13.2. The van der Waals surface area contributed by atoms with Crippen molar-refractivity contribution in [2.24, 2.45) is 4.99 Å². The fraction of sp³-hybridized carbons (Fsp3) is 0.381. The van der Waals surface area contributed by atoms with Crippen molar-refractivity contribution in [2.75, 3.05) is 33.7 Å². The summed E-state index contributed by atoms with van der Waals surface area (Å²) in [5.74, 6) is 0.567. The van der Waals surface area contributed by atoms with E-state index in [2.05, 4.69) is 20.6 Å². The van der Waals surface area contributed by atoms with Crippen molar-refractivity contribution in [1.82, 2.24) is 20.5 Å². The monoisotopic (exact) mass is 529 g/mol. The first-order valence-electron chi connectivity index (χ1n) is 9.48. The Morgan fingerprint density at radius 3 is 2.73 bits per heavy atom. The molecule has 0 saturated carbocycles. The zero-order chi connectivity index (χ0) is 21.1. The van der Waals surface area contributed by atoms with Crippen LogP contribution in [0, 0.1) is 5.82 Å². The first kappa shape index (κ1) is 25.6. The zero-order valence-electron chi connectivity index (χ0n) is 17.5. The molecule has 0 fully saturated rings. The second-order valence-corrected chi connectivity index (χ2v) is 6.58. The number of nitrogens with zero attached hydrogens (tertiary/aromatic N) is 3. The molecular weight excluding hydrogens is 500 g/mol. The number of ether oxygens (including phenoxy) is 1. The number of likely N-dealkylation sites (N-methyl/N-ethyl adjacent to an activating group) is 1. The fourth-order valence-corrected chi connectivity index (χ4v) is 2.52. The standard InChI is InChI=1S/C21H28FN5O2.HI/c1-16(29-19-9-6-7-17(22)13-19)14-25-21(23-2)26-15-20(28)27(3)12-10-18-8-4-5-11-24-18;/h4-9,11,13,16H,10,12,14-15H2,1-3H3,(H2,23,25,26);1H. The van der Waals surface area contributed by atoms with E-state index in [4.69, 9.17) is 4.74 Å². The van der Waals surface area contributed by atoms with E-state index >= 15 is 0 Å². The van der Waals surface area contributed by atoms with Crippen LogP contribution in [-0.2, 0) is 11.2 Å². The topological polar surface area (TPSA) is 78.9 Å². The summed E-state index contributed by atoms with van der Waals surface area (Å²) in [5, 5.41) is 6.09. The molecule has 9 heteroatoms. The molecule has 0 radical (unpaired) electrons. The number of aliphatic imine (C=N–C) groups is 1. The van der Waals surface area contributed by atoms with Gasteiger partial charge in [0.1, 0.15) is 17.7 Å². The lowest BCUT2D eigenvalue weighted by atomic mass is 10.2. The molecule has 1 amide bonds. The zero-order valence-corrected chi connectivity index (χ0v) is 19.8. The first-order chi connectivity index (χ1) is 14.0. The van der Waals surface area contributed by atoms with Crippen LogP contribution in [0.15, 0.2) is 53.7 Å². The molecule has 0 saturated heterocycles. The highest BCUT2D eigenvalue weighted by molar-refractivity contribution is 14.0. The number of benzene rings is 1. The lowest BCUT2D eigenvalue weighted by Crippen LogP contribution is -2.46. The van der Waals surface area contributed by atoms with Crippen molar-refractivity contribution in [3.63, 3.8) is 0 Å². The third kappa shape index (κ3) is 9.38. The number of carbonyl (C=O) groups is 1. The number of halogens is 2. The molecule has 0 bridgehead atoms. The summed E-state index contributed by atoms with van der Waals surface area (Å²) in [7, 11) is 3.39. The van der Waals surface area contributed by atoms with Gasteiger partial charge in [-0.05, 0) is 31.2 Å². The van der Waals surface area contributed by atoms with E-state index < -0.39 is 0 Å². The van der Waals surface area contributed by atoms with E-state index in [1.165, 1.54) is 12.1 Å². The molecule has 1 atom stereocenters. The first-order valence-corrected chi connectivity index (χ1v) is 9.48. The van der Waals surface area contributed by atoms with Crippen molar-refractivity contribution in [3.8, 4) is 5.75 Å². The van der Waals surface area contributed by atoms with Crippen molar-refractivity contribution >= 4 is 35.8 Å². The molecule has 0 aliphatic rings. The van der Waals surface area contributed by atoms with Crippen LogP contribution in [0.5, 0.6) is 5.75 Å². The Morgan fingerprint density at radius 1 is 1.27 bits per heavy atom. The van der Waals surface area contributed by atoms with Gasteiger partial charge in [0.05, 0.1) is 13.1 Å². The number of aromatic nitrogens is 1. The molecule has 2 rings (SSSR count). The van der Waals surface area contributed by atoms with Gasteiger partial charge in [0.25, 0.3) is 0 Å². The summed E-state index contributed by atoms with van der Waals surface area (Å²) in [4.78, 5) is 22.3. The van der Waals surface area contributed by atoms with Crippen LogP contribution in [0.4, 0.5) is 4.39 Å². The van der Waals surface area contributed by atoms with Gasteiger partial charge in [-0.1, -0.05) is 12.1 Å². The molecule has 0 aliphatic carbocycles. The Labute approximate surface area is 194 Å². The number of nitrogens with one attached hydrogen (secondary N) is 2. The SMILES string of the molecule is CN=C(NCC(=O)N(C)CCc1ccccn1)NCC(C)Oc1cccc(F)c1.I. The lowest BCUT2D eigenvalue weighted by molar-refractivity contribution is -0.128. The van der Waals surface area contributed by atoms with Crippen molar-refractivity contribution < 1.29 is 13.9 Å². The number of carbonyl (C=O) groups excluding carboxylic acids is 1. The summed E-state index contributed by atoms with van der Waals surface area (Å²) in [6, 6.07) is 11.7. The molecule has 164 valence electrons. The van der Waals surface area contributed by atoms with Crippen LogP contribution in [0.1, 0.15) is 12.6 Å². The minimum atomic E-state index is -0.342. The third-order valence-corrected chi connectivity index (χ3v) is 4.18. The molecule has 1 aromatic heterocycles. The van der Waals surface area contributed by atoms with Crippen LogP contribution >= 0.6 is 24.0 Å². The van der Waals surface area contributed by atoms with Crippen LogP contribution in [-0.4, -0.2) is 61.6 Å². The van der Waals surface area contributed by atoms with Gasteiger partial charge in [-0.3, -0.25) is 14.8 Å². The Kier molecular flexibility index (Phi) is 11.7. The van der Waals surface area contributed by atoms with E-state index in [9.17, 15) is 9.18 Å². The van der Waals surface area contributed by atoms with E-state index in [1.54, 1.807) is 37.3 Å². The average molecular weight is 529 g/mol. The van der Waals surface area contributed by atoms with Crippen LogP contribution in [0.3, 0.4) is 0 Å². The van der Waals surface area contributed by atoms with Gasteiger partial charge in [0.2, 0.25) is 5.91 Å². The smallest absolute Gasteiger partial charge is 0.241 e.